The molecule has 5 heteroatoms. The molecule has 1 aliphatic heterocycles. The van der Waals surface area contributed by atoms with E-state index in [1.807, 2.05) is 13.8 Å². The van der Waals surface area contributed by atoms with Crippen LogP contribution in [-0.4, -0.2) is 24.4 Å². The maximum Gasteiger partial charge on any atom is 0.249 e. The van der Waals surface area contributed by atoms with Crippen molar-refractivity contribution in [2.45, 2.75) is 33.2 Å². The molecule has 1 heterocycles. The van der Waals surface area contributed by atoms with E-state index < -0.39 is 6.04 Å². The molecule has 1 atom stereocenters. The molecule has 0 spiro atoms. The van der Waals surface area contributed by atoms with Crippen LogP contribution in [0.4, 0.5) is 10.1 Å². The Hall–Kier alpha value is -1.91. The van der Waals surface area contributed by atoms with Gasteiger partial charge < -0.3 is 10.2 Å². The zero-order valence-electron chi connectivity index (χ0n) is 11.9. The Bertz CT molecular complexity index is 543. The van der Waals surface area contributed by atoms with Crippen LogP contribution < -0.4 is 10.2 Å². The second-order valence-corrected chi connectivity index (χ2v) is 5.46. The molecule has 1 fully saturated rings. The smallest absolute Gasteiger partial charge is 0.249 e. The summed E-state index contributed by atoms with van der Waals surface area (Å²) in [7, 11) is 0. The maximum atomic E-state index is 13.2. The van der Waals surface area contributed by atoms with Crippen LogP contribution >= 0.6 is 0 Å². The van der Waals surface area contributed by atoms with Gasteiger partial charge in [-0.3, -0.25) is 9.59 Å². The highest BCUT2D eigenvalue weighted by Gasteiger charge is 2.33. The molecule has 0 saturated carbocycles. The van der Waals surface area contributed by atoms with Gasteiger partial charge in [-0.05, 0) is 36.6 Å². The van der Waals surface area contributed by atoms with Crippen molar-refractivity contribution in [2.75, 3.05) is 11.4 Å². The fourth-order valence-corrected chi connectivity index (χ4v) is 2.41. The number of amides is 2. The van der Waals surface area contributed by atoms with Crippen LogP contribution in [-0.2, 0) is 9.59 Å². The molecule has 1 unspecified atom stereocenters. The van der Waals surface area contributed by atoms with Gasteiger partial charge in [0.2, 0.25) is 11.8 Å². The predicted octanol–water partition coefficient (Wildman–Crippen LogP) is 2.01. The van der Waals surface area contributed by atoms with E-state index in [0.29, 0.717) is 17.8 Å². The average Bonchev–Trinajstić information content (AvgIpc) is 2.50. The summed E-state index contributed by atoms with van der Waals surface area (Å²) >= 11 is 0. The van der Waals surface area contributed by atoms with E-state index in [1.54, 1.807) is 17.9 Å². The first kappa shape index (κ1) is 14.5. The molecule has 0 aromatic heterocycles. The number of aryl methyl sites for hydroxylation is 1. The van der Waals surface area contributed by atoms with Gasteiger partial charge in [-0.25, -0.2) is 4.39 Å². The van der Waals surface area contributed by atoms with Crippen molar-refractivity contribution in [1.82, 2.24) is 5.32 Å². The molecule has 1 aliphatic rings. The van der Waals surface area contributed by atoms with E-state index >= 15 is 0 Å². The maximum absolute atomic E-state index is 13.2. The number of hydrogen-bond acceptors (Lipinski definition) is 2. The number of nitrogens with zero attached hydrogens (tertiary/aromatic N) is 1. The third-order valence-electron chi connectivity index (χ3n) is 3.53. The summed E-state index contributed by atoms with van der Waals surface area (Å²) in [4.78, 5) is 25.9. The summed E-state index contributed by atoms with van der Waals surface area (Å²) in [5.41, 5.74) is 1.36. The van der Waals surface area contributed by atoms with E-state index in [-0.39, 0.29) is 30.0 Å². The van der Waals surface area contributed by atoms with E-state index in [0.717, 1.165) is 0 Å². The summed E-state index contributed by atoms with van der Waals surface area (Å²) < 4.78 is 13.2. The lowest BCUT2D eigenvalue weighted by Gasteiger charge is -2.27. The van der Waals surface area contributed by atoms with Crippen molar-refractivity contribution in [3.63, 3.8) is 0 Å². The summed E-state index contributed by atoms with van der Waals surface area (Å²) in [6.07, 6.45) is 0.256. The van der Waals surface area contributed by atoms with Gasteiger partial charge in [0.15, 0.2) is 0 Å². The van der Waals surface area contributed by atoms with Gasteiger partial charge in [-0.15, -0.1) is 0 Å². The largest absolute Gasteiger partial charge is 0.344 e. The Kier molecular flexibility index (Phi) is 4.06. The molecule has 20 heavy (non-hydrogen) atoms. The standard InChI is InChI=1S/C15H19FN2O2/c1-9(2)14-15(20)18(7-6-13(19)17-14)12-5-4-11(16)8-10(12)3/h4-5,8-9,14H,6-7H2,1-3H3,(H,17,19). The molecule has 0 radical (unpaired) electrons. The zero-order valence-corrected chi connectivity index (χ0v) is 11.9. The Morgan fingerprint density at radius 2 is 2.05 bits per heavy atom. The molecule has 2 amide bonds. The van der Waals surface area contributed by atoms with Gasteiger partial charge in [0, 0.05) is 18.7 Å². The number of carbonyl (C=O) groups is 2. The molecule has 1 saturated heterocycles. The molecule has 108 valence electrons. The number of anilines is 1. The highest BCUT2D eigenvalue weighted by Crippen LogP contribution is 2.24. The van der Waals surface area contributed by atoms with Crippen molar-refractivity contribution in [3.8, 4) is 0 Å². The minimum absolute atomic E-state index is 0.00723. The third-order valence-corrected chi connectivity index (χ3v) is 3.53. The lowest BCUT2D eigenvalue weighted by Crippen LogP contribution is -2.48. The summed E-state index contributed by atoms with van der Waals surface area (Å²) in [6.45, 7) is 5.87. The summed E-state index contributed by atoms with van der Waals surface area (Å²) in [6, 6.07) is 3.79. The highest BCUT2D eigenvalue weighted by molar-refractivity contribution is 6.01. The predicted molar refractivity (Wildman–Crippen MR) is 74.9 cm³/mol. The van der Waals surface area contributed by atoms with Crippen LogP contribution in [0.2, 0.25) is 0 Å². The number of halogens is 1. The normalized spacial score (nSPS) is 20.1. The Labute approximate surface area is 118 Å². The molecule has 0 bridgehead atoms. The average molecular weight is 278 g/mol. The second kappa shape index (κ2) is 5.61. The number of benzene rings is 1. The van der Waals surface area contributed by atoms with Crippen molar-refractivity contribution in [1.29, 1.82) is 0 Å². The van der Waals surface area contributed by atoms with Gasteiger partial charge in [-0.2, -0.15) is 0 Å². The number of hydrogen-bond donors (Lipinski definition) is 1. The molecule has 2 rings (SSSR count). The molecular weight excluding hydrogens is 259 g/mol. The minimum atomic E-state index is -0.533. The first-order valence-electron chi connectivity index (χ1n) is 6.77. The first-order chi connectivity index (χ1) is 9.40. The van der Waals surface area contributed by atoms with Crippen molar-refractivity contribution >= 4 is 17.5 Å². The second-order valence-electron chi connectivity index (χ2n) is 5.46. The topological polar surface area (TPSA) is 49.4 Å². The molecule has 0 aliphatic carbocycles. The monoisotopic (exact) mass is 278 g/mol. The minimum Gasteiger partial charge on any atom is -0.344 e. The number of nitrogens with one attached hydrogen (secondary N) is 1. The Morgan fingerprint density at radius 3 is 2.65 bits per heavy atom. The van der Waals surface area contributed by atoms with Gasteiger partial charge >= 0.3 is 0 Å². The van der Waals surface area contributed by atoms with Crippen LogP contribution in [0.3, 0.4) is 0 Å². The van der Waals surface area contributed by atoms with Gasteiger partial charge in [0.25, 0.3) is 0 Å². The number of carbonyl (C=O) groups excluding carboxylic acids is 2. The number of rotatable bonds is 2. The molecule has 1 aromatic carbocycles. The van der Waals surface area contributed by atoms with Crippen LogP contribution in [0.15, 0.2) is 18.2 Å². The van der Waals surface area contributed by atoms with E-state index in [4.69, 9.17) is 0 Å². The van der Waals surface area contributed by atoms with E-state index in [2.05, 4.69) is 5.32 Å². The molecular formula is C15H19FN2O2. The van der Waals surface area contributed by atoms with Crippen LogP contribution in [0, 0.1) is 18.7 Å². The summed E-state index contributed by atoms with van der Waals surface area (Å²) in [5, 5.41) is 2.75. The highest BCUT2D eigenvalue weighted by atomic mass is 19.1. The molecule has 4 nitrogen and oxygen atoms in total. The van der Waals surface area contributed by atoms with Crippen molar-refractivity contribution in [2.24, 2.45) is 5.92 Å². The lowest BCUT2D eigenvalue weighted by atomic mass is 10.0. The summed E-state index contributed by atoms with van der Waals surface area (Å²) in [5.74, 6) is -0.587. The SMILES string of the molecule is Cc1cc(F)ccc1N1CCC(=O)NC(C(C)C)C1=O. The van der Waals surface area contributed by atoms with Gasteiger partial charge in [0.05, 0.1) is 0 Å². The van der Waals surface area contributed by atoms with Crippen LogP contribution in [0.1, 0.15) is 25.8 Å². The Morgan fingerprint density at radius 1 is 1.35 bits per heavy atom. The van der Waals surface area contributed by atoms with Gasteiger partial charge in [0.1, 0.15) is 11.9 Å². The fraction of sp³-hybridized carbons (Fsp3) is 0.467. The van der Waals surface area contributed by atoms with E-state index in [1.165, 1.54) is 12.1 Å². The molecule has 1 N–H and O–H groups in total. The Balaban J connectivity index is 2.38. The lowest BCUT2D eigenvalue weighted by molar-refractivity contribution is -0.126. The van der Waals surface area contributed by atoms with Crippen LogP contribution in [0.25, 0.3) is 0 Å². The third kappa shape index (κ3) is 2.81. The van der Waals surface area contributed by atoms with Crippen molar-refractivity contribution < 1.29 is 14.0 Å². The van der Waals surface area contributed by atoms with Gasteiger partial charge in [-0.1, -0.05) is 13.8 Å². The zero-order chi connectivity index (χ0) is 14.9. The van der Waals surface area contributed by atoms with Crippen LogP contribution in [0.5, 0.6) is 0 Å². The fourth-order valence-electron chi connectivity index (χ4n) is 2.41. The first-order valence-corrected chi connectivity index (χ1v) is 6.77. The van der Waals surface area contributed by atoms with Crippen molar-refractivity contribution in [3.05, 3.63) is 29.6 Å². The van der Waals surface area contributed by atoms with E-state index in [9.17, 15) is 14.0 Å². The molecule has 1 aromatic rings. The quantitative estimate of drug-likeness (QED) is 0.899.